The maximum atomic E-state index is 12.3. The molecule has 122 valence electrons. The van der Waals surface area contributed by atoms with Gasteiger partial charge in [0.1, 0.15) is 0 Å². The van der Waals surface area contributed by atoms with E-state index in [9.17, 15) is 9.00 Å². The number of hydrogen-bond donors (Lipinski definition) is 2. The number of carbonyl (C=O) groups excluding carboxylic acids is 1. The van der Waals surface area contributed by atoms with Gasteiger partial charge in [0.2, 0.25) is 0 Å². The third kappa shape index (κ3) is 6.24. The molecule has 2 amide bonds. The monoisotopic (exact) mass is 330 g/mol. The number of nitrogens with one attached hydrogen (secondary N) is 2. The number of benzene rings is 2. The van der Waals surface area contributed by atoms with E-state index >= 15 is 0 Å². The average molecular weight is 330 g/mol. The first kappa shape index (κ1) is 17.2. The summed E-state index contributed by atoms with van der Waals surface area (Å²) in [5.41, 5.74) is 2.74. The van der Waals surface area contributed by atoms with Gasteiger partial charge in [0, 0.05) is 34.5 Å². The zero-order chi connectivity index (χ0) is 16.5. The van der Waals surface area contributed by atoms with Crippen molar-refractivity contribution in [1.29, 1.82) is 0 Å². The molecule has 2 aromatic rings. The van der Waals surface area contributed by atoms with Crippen LogP contribution in [0.4, 0.5) is 10.5 Å². The van der Waals surface area contributed by atoms with Crippen LogP contribution >= 0.6 is 0 Å². The van der Waals surface area contributed by atoms with Gasteiger partial charge in [0.05, 0.1) is 0 Å². The summed E-state index contributed by atoms with van der Waals surface area (Å²) in [4.78, 5) is 11.7. The van der Waals surface area contributed by atoms with E-state index in [4.69, 9.17) is 0 Å². The van der Waals surface area contributed by atoms with Crippen LogP contribution in [-0.4, -0.2) is 16.8 Å². The molecule has 2 N–H and O–H groups in total. The minimum Gasteiger partial charge on any atom is -0.338 e. The van der Waals surface area contributed by atoms with Crippen LogP contribution in [0.3, 0.4) is 0 Å². The smallest absolute Gasteiger partial charge is 0.319 e. The van der Waals surface area contributed by atoms with E-state index in [2.05, 4.69) is 10.6 Å². The molecule has 0 fully saturated rings. The lowest BCUT2D eigenvalue weighted by Gasteiger charge is -2.08. The fourth-order valence-electron chi connectivity index (χ4n) is 2.15. The van der Waals surface area contributed by atoms with Crippen LogP contribution in [0.2, 0.25) is 0 Å². The van der Waals surface area contributed by atoms with Crippen molar-refractivity contribution in [3.05, 3.63) is 65.7 Å². The third-order valence-electron chi connectivity index (χ3n) is 3.22. The van der Waals surface area contributed by atoms with E-state index in [-0.39, 0.29) is 6.03 Å². The summed E-state index contributed by atoms with van der Waals surface area (Å²) in [5, 5.41) is 5.55. The Kier molecular flexibility index (Phi) is 6.81. The van der Waals surface area contributed by atoms with Crippen molar-refractivity contribution in [2.24, 2.45) is 0 Å². The summed E-state index contributed by atoms with van der Waals surface area (Å²) in [7, 11) is -0.976. The molecule has 0 aromatic heterocycles. The van der Waals surface area contributed by atoms with Crippen molar-refractivity contribution >= 4 is 22.5 Å². The maximum absolute atomic E-state index is 12.3. The number of carbonyl (C=O) groups is 1. The molecule has 0 aliphatic carbocycles. The highest BCUT2D eigenvalue weighted by molar-refractivity contribution is 7.83. The first-order chi connectivity index (χ1) is 11.2. The van der Waals surface area contributed by atoms with Gasteiger partial charge in [-0.25, -0.2) is 4.79 Å². The van der Waals surface area contributed by atoms with Gasteiger partial charge in [-0.05, 0) is 29.7 Å². The van der Waals surface area contributed by atoms with Crippen molar-refractivity contribution in [2.75, 3.05) is 11.9 Å². The molecule has 1 atom stereocenters. The zero-order valence-corrected chi connectivity index (χ0v) is 14.1. The van der Waals surface area contributed by atoms with E-state index in [1.54, 1.807) is 0 Å². The fourth-order valence-corrected chi connectivity index (χ4v) is 3.37. The molecule has 0 heterocycles. The first-order valence-corrected chi connectivity index (χ1v) is 9.19. The van der Waals surface area contributed by atoms with Crippen LogP contribution in [0.15, 0.2) is 54.6 Å². The van der Waals surface area contributed by atoms with E-state index in [1.165, 1.54) is 0 Å². The molecule has 23 heavy (non-hydrogen) atoms. The second kappa shape index (κ2) is 9.10. The number of urea groups is 1. The van der Waals surface area contributed by atoms with E-state index < -0.39 is 10.8 Å². The Morgan fingerprint density at radius 2 is 1.70 bits per heavy atom. The Morgan fingerprint density at radius 3 is 2.43 bits per heavy atom. The summed E-state index contributed by atoms with van der Waals surface area (Å²) < 4.78 is 12.3. The van der Waals surface area contributed by atoms with Gasteiger partial charge < -0.3 is 10.6 Å². The van der Waals surface area contributed by atoms with Crippen LogP contribution in [0, 0.1) is 0 Å². The van der Waals surface area contributed by atoms with E-state index in [1.807, 2.05) is 61.5 Å². The molecule has 0 unspecified atom stereocenters. The minimum absolute atomic E-state index is 0.214. The van der Waals surface area contributed by atoms with Gasteiger partial charge in [0.25, 0.3) is 0 Å². The Labute approximate surface area is 139 Å². The Bertz CT molecular complexity index is 659. The predicted molar refractivity (Wildman–Crippen MR) is 95.7 cm³/mol. The van der Waals surface area contributed by atoms with Gasteiger partial charge in [-0.2, -0.15) is 0 Å². The molecule has 2 rings (SSSR count). The molecule has 5 heteroatoms. The normalized spacial score (nSPS) is 11.7. The summed E-state index contributed by atoms with van der Waals surface area (Å²) in [6.45, 7) is 2.65. The molecular weight excluding hydrogens is 308 g/mol. The summed E-state index contributed by atoms with van der Waals surface area (Å²) >= 11 is 0. The molecule has 2 aromatic carbocycles. The topological polar surface area (TPSA) is 58.2 Å². The molecule has 0 radical (unpaired) electrons. The van der Waals surface area contributed by atoms with Gasteiger partial charge in [-0.1, -0.05) is 49.4 Å². The van der Waals surface area contributed by atoms with Crippen molar-refractivity contribution in [3.63, 3.8) is 0 Å². The Balaban J connectivity index is 1.91. The van der Waals surface area contributed by atoms with Crippen LogP contribution in [0.5, 0.6) is 0 Å². The first-order valence-electron chi connectivity index (χ1n) is 7.70. The van der Waals surface area contributed by atoms with E-state index in [0.717, 1.165) is 17.5 Å². The molecule has 0 saturated heterocycles. The lowest BCUT2D eigenvalue weighted by Crippen LogP contribution is -2.29. The molecule has 0 saturated carbocycles. The van der Waals surface area contributed by atoms with Gasteiger partial charge in [-0.15, -0.1) is 0 Å². The van der Waals surface area contributed by atoms with Crippen molar-refractivity contribution in [2.45, 2.75) is 24.9 Å². The van der Waals surface area contributed by atoms with Gasteiger partial charge >= 0.3 is 6.03 Å². The average Bonchev–Trinajstić information content (AvgIpc) is 2.54. The highest BCUT2D eigenvalue weighted by atomic mass is 32.2. The second-order valence-corrected chi connectivity index (χ2v) is 6.75. The SMILES string of the molecule is CCCNC(=O)Nc1cccc(C[S@](=O)Cc2ccccc2)c1. The predicted octanol–water partition coefficient (Wildman–Crippen LogP) is 3.67. The number of rotatable bonds is 7. The largest absolute Gasteiger partial charge is 0.338 e. The van der Waals surface area contributed by atoms with Crippen molar-refractivity contribution in [3.8, 4) is 0 Å². The summed E-state index contributed by atoms with van der Waals surface area (Å²) in [6, 6.07) is 17.1. The van der Waals surface area contributed by atoms with Gasteiger partial charge in [-0.3, -0.25) is 4.21 Å². The maximum Gasteiger partial charge on any atom is 0.319 e. The number of hydrogen-bond acceptors (Lipinski definition) is 2. The summed E-state index contributed by atoms with van der Waals surface area (Å²) in [6.07, 6.45) is 0.895. The lowest BCUT2D eigenvalue weighted by molar-refractivity contribution is 0.252. The summed E-state index contributed by atoms with van der Waals surface area (Å²) in [5.74, 6) is 1.01. The molecule has 4 nitrogen and oxygen atoms in total. The molecular formula is C18H22N2O2S. The molecule has 0 aliphatic heterocycles. The molecule has 0 spiro atoms. The molecule has 0 aliphatic rings. The van der Waals surface area contributed by atoms with Crippen LogP contribution in [-0.2, 0) is 22.3 Å². The number of amides is 2. The standard InChI is InChI=1S/C18H22N2O2S/c1-2-11-19-18(21)20-17-10-6-9-16(12-17)14-23(22)13-15-7-4-3-5-8-15/h3-10,12H,2,11,13-14H2,1H3,(H2,19,20,21)/t23-/m1/s1. The fraction of sp³-hybridized carbons (Fsp3) is 0.278. The second-order valence-electron chi connectivity index (χ2n) is 5.30. The van der Waals surface area contributed by atoms with E-state index in [0.29, 0.717) is 23.7 Å². The van der Waals surface area contributed by atoms with Crippen molar-refractivity contribution in [1.82, 2.24) is 5.32 Å². The zero-order valence-electron chi connectivity index (χ0n) is 13.2. The third-order valence-corrected chi connectivity index (χ3v) is 4.53. The molecule has 0 bridgehead atoms. The van der Waals surface area contributed by atoms with Crippen LogP contribution in [0.25, 0.3) is 0 Å². The highest BCUT2D eigenvalue weighted by Gasteiger charge is 2.06. The minimum atomic E-state index is -0.976. The van der Waals surface area contributed by atoms with Crippen molar-refractivity contribution < 1.29 is 9.00 Å². The van der Waals surface area contributed by atoms with Crippen LogP contribution in [0.1, 0.15) is 24.5 Å². The number of anilines is 1. The quantitative estimate of drug-likeness (QED) is 0.814. The highest BCUT2D eigenvalue weighted by Crippen LogP contribution is 2.14. The Hall–Kier alpha value is -2.14. The van der Waals surface area contributed by atoms with Gasteiger partial charge in [0.15, 0.2) is 0 Å². The lowest BCUT2D eigenvalue weighted by atomic mass is 10.2. The Morgan fingerprint density at radius 1 is 1.00 bits per heavy atom. The van der Waals surface area contributed by atoms with Crippen LogP contribution < -0.4 is 10.6 Å².